The highest BCUT2D eigenvalue weighted by Crippen LogP contribution is 2.50. The molecule has 1 unspecified atom stereocenters. The fraction of sp³-hybridized carbons (Fsp3) is 0.769. The summed E-state index contributed by atoms with van der Waals surface area (Å²) in [5.74, 6) is 0. The van der Waals surface area contributed by atoms with Crippen LogP contribution >= 0.6 is 0 Å². The van der Waals surface area contributed by atoms with E-state index in [1.54, 1.807) is 11.9 Å². The molecule has 2 saturated heterocycles. The number of aromatic nitrogens is 2. The number of hydrogen-bond acceptors (Lipinski definition) is 6. The molecule has 2 fully saturated rings. The van der Waals surface area contributed by atoms with Crippen molar-refractivity contribution in [2.24, 2.45) is 5.41 Å². The summed E-state index contributed by atoms with van der Waals surface area (Å²) in [6, 6.07) is 0. The molecule has 2 aliphatic heterocycles. The summed E-state index contributed by atoms with van der Waals surface area (Å²) in [6.07, 6.45) is 11.0. The lowest BCUT2D eigenvalue weighted by Gasteiger charge is -2.42. The third kappa shape index (κ3) is 6.20. The second-order valence-electron chi connectivity index (χ2n) is 11.3. The quantitative estimate of drug-likeness (QED) is 0.581. The van der Waals surface area contributed by atoms with E-state index in [0.29, 0.717) is 12.0 Å². The Hall–Kier alpha value is -1.90. The van der Waals surface area contributed by atoms with Crippen molar-refractivity contribution in [3.05, 3.63) is 23.5 Å². The summed E-state index contributed by atoms with van der Waals surface area (Å²) in [7, 11) is 3.88. The molecule has 0 N–H and O–H groups in total. The fourth-order valence-corrected chi connectivity index (χ4v) is 4.99. The van der Waals surface area contributed by atoms with E-state index in [0.717, 1.165) is 70.7 Å². The fourth-order valence-electron chi connectivity index (χ4n) is 4.99. The topological polar surface area (TPSA) is 69.1 Å². The molecule has 1 amide bonds. The molecule has 4 rings (SSSR count). The average molecular weight is 475 g/mol. The molecule has 0 bridgehead atoms. The Morgan fingerprint density at radius 1 is 1.21 bits per heavy atom. The van der Waals surface area contributed by atoms with Crippen molar-refractivity contribution >= 4 is 11.7 Å². The maximum atomic E-state index is 12.3. The van der Waals surface area contributed by atoms with Gasteiger partial charge in [0.15, 0.2) is 0 Å². The highest BCUT2D eigenvalue weighted by molar-refractivity contribution is 5.72. The lowest BCUT2D eigenvalue weighted by atomic mass is 9.65. The van der Waals surface area contributed by atoms with Gasteiger partial charge in [-0.2, -0.15) is 5.10 Å². The van der Waals surface area contributed by atoms with E-state index in [9.17, 15) is 4.79 Å². The van der Waals surface area contributed by atoms with Crippen LogP contribution in [0.2, 0.25) is 0 Å². The maximum absolute atomic E-state index is 12.3. The predicted molar refractivity (Wildman–Crippen MR) is 131 cm³/mol. The highest BCUT2D eigenvalue weighted by atomic mass is 16.6. The Balaban J connectivity index is 1.43. The number of rotatable bonds is 7. The predicted octanol–water partition coefficient (Wildman–Crippen LogP) is 4.46. The number of carbonyl (C=O) groups is 1. The number of ether oxygens (including phenoxy) is 3. The molecule has 8 nitrogen and oxygen atoms in total. The van der Waals surface area contributed by atoms with Gasteiger partial charge in [-0.1, -0.05) is 6.08 Å². The van der Waals surface area contributed by atoms with Crippen LogP contribution in [0.5, 0.6) is 0 Å². The van der Waals surface area contributed by atoms with Crippen LogP contribution in [0.1, 0.15) is 76.8 Å². The van der Waals surface area contributed by atoms with Crippen LogP contribution in [-0.4, -0.2) is 78.3 Å². The lowest BCUT2D eigenvalue weighted by Crippen LogP contribution is -2.38. The molecule has 1 atom stereocenters. The minimum Gasteiger partial charge on any atom is -0.444 e. The van der Waals surface area contributed by atoms with Crippen molar-refractivity contribution in [1.29, 1.82) is 0 Å². The molecule has 3 aliphatic rings. The van der Waals surface area contributed by atoms with Crippen molar-refractivity contribution in [3.63, 3.8) is 0 Å². The van der Waals surface area contributed by atoms with Gasteiger partial charge < -0.3 is 24.0 Å². The van der Waals surface area contributed by atoms with E-state index in [-0.39, 0.29) is 12.3 Å². The van der Waals surface area contributed by atoms with E-state index in [1.165, 1.54) is 17.6 Å². The summed E-state index contributed by atoms with van der Waals surface area (Å²) < 4.78 is 19.1. The van der Waals surface area contributed by atoms with Gasteiger partial charge >= 0.3 is 6.09 Å². The Kier molecular flexibility index (Phi) is 7.69. The number of likely N-dealkylation sites (N-methyl/N-ethyl adjacent to an activating group) is 2. The summed E-state index contributed by atoms with van der Waals surface area (Å²) in [5.41, 5.74) is 3.51. The molecule has 34 heavy (non-hydrogen) atoms. The zero-order valence-electron chi connectivity index (χ0n) is 21.6. The summed E-state index contributed by atoms with van der Waals surface area (Å²) >= 11 is 0. The van der Waals surface area contributed by atoms with Gasteiger partial charge in [-0.05, 0) is 77.3 Å². The van der Waals surface area contributed by atoms with E-state index in [2.05, 4.69) is 24.2 Å². The van der Waals surface area contributed by atoms with Gasteiger partial charge in [0.05, 0.1) is 5.69 Å². The smallest absolute Gasteiger partial charge is 0.410 e. The third-order valence-corrected chi connectivity index (χ3v) is 7.04. The number of allylic oxidation sites excluding steroid dienone is 2. The lowest BCUT2D eigenvalue weighted by molar-refractivity contribution is -0.0396. The van der Waals surface area contributed by atoms with Crippen LogP contribution in [0.4, 0.5) is 4.79 Å². The molecule has 1 aliphatic carbocycles. The molecule has 0 saturated carbocycles. The zero-order valence-corrected chi connectivity index (χ0v) is 21.6. The van der Waals surface area contributed by atoms with Gasteiger partial charge in [0.1, 0.15) is 11.8 Å². The van der Waals surface area contributed by atoms with Crippen molar-refractivity contribution < 1.29 is 19.0 Å². The number of amides is 1. The second-order valence-corrected chi connectivity index (χ2v) is 11.3. The van der Waals surface area contributed by atoms with Crippen molar-refractivity contribution in [2.45, 2.75) is 77.7 Å². The Labute approximate surface area is 204 Å². The first-order valence-electron chi connectivity index (χ1n) is 12.8. The summed E-state index contributed by atoms with van der Waals surface area (Å²) in [5, 5.41) is 5.03. The van der Waals surface area contributed by atoms with Crippen molar-refractivity contribution in [2.75, 3.05) is 47.0 Å². The van der Waals surface area contributed by atoms with Gasteiger partial charge in [-0.3, -0.25) is 0 Å². The van der Waals surface area contributed by atoms with E-state index in [4.69, 9.17) is 19.3 Å². The minimum atomic E-state index is -0.486. The molecule has 0 aromatic carbocycles. The number of hydrogen-bond donors (Lipinski definition) is 0. The van der Waals surface area contributed by atoms with Crippen LogP contribution in [-0.2, 0) is 20.8 Å². The van der Waals surface area contributed by atoms with Crippen LogP contribution in [0, 0.1) is 5.41 Å². The molecule has 8 heteroatoms. The molecule has 1 aromatic rings. The molecule has 1 spiro atoms. The first-order chi connectivity index (χ1) is 16.1. The Morgan fingerprint density at radius 3 is 2.59 bits per heavy atom. The molecular formula is C26H42N4O4. The average Bonchev–Trinajstić information content (AvgIpc) is 3.19. The van der Waals surface area contributed by atoms with Gasteiger partial charge in [-0.15, -0.1) is 0 Å². The highest BCUT2D eigenvalue weighted by Gasteiger charge is 2.40. The van der Waals surface area contributed by atoms with E-state index >= 15 is 0 Å². The SMILES string of the molecule is CN(CCN(C)C(=O)OC(C)(C)C)Cc1cn(C2CCCCO2)nc1C1=CC2(CCOCC2)C1. The third-order valence-electron chi connectivity index (χ3n) is 7.04. The largest absolute Gasteiger partial charge is 0.444 e. The van der Waals surface area contributed by atoms with Crippen LogP contribution < -0.4 is 0 Å². The minimum absolute atomic E-state index is 0.0302. The van der Waals surface area contributed by atoms with Crippen LogP contribution in [0.15, 0.2) is 12.3 Å². The van der Waals surface area contributed by atoms with Gasteiger partial charge in [0, 0.05) is 58.3 Å². The van der Waals surface area contributed by atoms with Crippen molar-refractivity contribution in [1.82, 2.24) is 19.6 Å². The second kappa shape index (κ2) is 10.4. The van der Waals surface area contributed by atoms with Crippen molar-refractivity contribution in [3.8, 4) is 0 Å². The first-order valence-corrected chi connectivity index (χ1v) is 12.8. The Bertz CT molecular complexity index is 876. The number of carbonyl (C=O) groups excluding carboxylic acids is 1. The summed E-state index contributed by atoms with van der Waals surface area (Å²) in [4.78, 5) is 16.2. The molecular weight excluding hydrogens is 432 g/mol. The molecule has 3 heterocycles. The van der Waals surface area contributed by atoms with Gasteiger partial charge in [0.25, 0.3) is 0 Å². The first kappa shape index (κ1) is 25.2. The van der Waals surface area contributed by atoms with E-state index < -0.39 is 5.60 Å². The van der Waals surface area contributed by atoms with Gasteiger partial charge in [0.2, 0.25) is 0 Å². The molecule has 1 aromatic heterocycles. The van der Waals surface area contributed by atoms with Gasteiger partial charge in [-0.25, -0.2) is 9.48 Å². The zero-order chi connectivity index (χ0) is 24.3. The normalized spacial score (nSPS) is 22.4. The molecule has 0 radical (unpaired) electrons. The Morgan fingerprint density at radius 2 is 1.94 bits per heavy atom. The number of nitrogens with zero attached hydrogens (tertiary/aromatic N) is 4. The summed E-state index contributed by atoms with van der Waals surface area (Å²) in [6.45, 7) is 10.3. The van der Waals surface area contributed by atoms with E-state index in [1.807, 2.05) is 25.5 Å². The molecule has 190 valence electrons. The van der Waals surface area contributed by atoms with Crippen LogP contribution in [0.3, 0.4) is 0 Å². The maximum Gasteiger partial charge on any atom is 0.410 e. The monoisotopic (exact) mass is 474 g/mol. The standard InChI is InChI=1S/C26H42N4O4/c1-25(2,3)34-24(31)29(5)12-11-28(4)18-21-19-30(22-8-6-7-13-33-22)27-23(21)20-16-26(17-20)9-14-32-15-10-26/h16,19,22H,6-15,17-18H2,1-5H3. The van der Waals surface area contributed by atoms with Crippen LogP contribution in [0.25, 0.3) is 5.57 Å².